The number of rotatable bonds is 9. The highest BCUT2D eigenvalue weighted by Crippen LogP contribution is 2.30. The first kappa shape index (κ1) is 28.0. The van der Waals surface area contributed by atoms with E-state index in [4.69, 9.17) is 36.2 Å². The highest BCUT2D eigenvalue weighted by atomic mass is 35.5. The molecule has 12 heteroatoms. The van der Waals surface area contributed by atoms with E-state index in [1.807, 2.05) is 12.1 Å². The Morgan fingerprint density at radius 1 is 1.07 bits per heavy atom. The lowest BCUT2D eigenvalue weighted by molar-refractivity contribution is -0.0592. The SMILES string of the molecule is NS(=O)(=O)c1ccc2c(c1)nc(CN1CCC(c3cccc(OCc4ccc(Cl)cc4F)n3)CC1)n2CC1CCO1. The Morgan fingerprint density at radius 2 is 1.88 bits per heavy atom. The molecule has 0 aliphatic carbocycles. The first-order chi connectivity index (χ1) is 19.7. The van der Waals surface area contributed by atoms with Crippen LogP contribution in [0, 0.1) is 5.82 Å². The fourth-order valence-corrected chi connectivity index (χ4v) is 6.10. The smallest absolute Gasteiger partial charge is 0.238 e. The highest BCUT2D eigenvalue weighted by molar-refractivity contribution is 7.89. The first-order valence-electron chi connectivity index (χ1n) is 13.6. The third kappa shape index (κ3) is 6.39. The van der Waals surface area contributed by atoms with Crippen molar-refractivity contribution >= 4 is 32.7 Å². The predicted octanol–water partition coefficient (Wildman–Crippen LogP) is 4.62. The lowest BCUT2D eigenvalue weighted by Gasteiger charge is -2.32. The maximum atomic E-state index is 14.1. The van der Waals surface area contributed by atoms with Gasteiger partial charge in [0, 0.05) is 34.9 Å². The van der Waals surface area contributed by atoms with E-state index in [1.54, 1.807) is 30.3 Å². The Morgan fingerprint density at radius 3 is 2.59 bits per heavy atom. The number of hydrogen-bond donors (Lipinski definition) is 1. The summed E-state index contributed by atoms with van der Waals surface area (Å²) in [6, 6.07) is 15.1. The Hall–Kier alpha value is -3.09. The second-order valence-electron chi connectivity index (χ2n) is 10.6. The van der Waals surface area contributed by atoms with Crippen molar-refractivity contribution in [2.75, 3.05) is 19.7 Å². The summed E-state index contributed by atoms with van der Waals surface area (Å²) in [6.07, 6.45) is 2.96. The second-order valence-corrected chi connectivity index (χ2v) is 12.6. The molecule has 0 saturated carbocycles. The van der Waals surface area contributed by atoms with Crippen LogP contribution in [0.25, 0.3) is 11.0 Å². The molecule has 1 atom stereocenters. The fraction of sp³-hybridized carbons (Fsp3) is 0.379. The van der Waals surface area contributed by atoms with Crippen LogP contribution in [0.1, 0.15) is 42.3 Å². The molecule has 216 valence electrons. The zero-order valence-electron chi connectivity index (χ0n) is 22.4. The molecule has 4 heterocycles. The summed E-state index contributed by atoms with van der Waals surface area (Å²) < 4.78 is 51.5. The summed E-state index contributed by atoms with van der Waals surface area (Å²) in [5, 5.41) is 5.70. The van der Waals surface area contributed by atoms with Crippen LogP contribution in [0.15, 0.2) is 59.5 Å². The van der Waals surface area contributed by atoms with Crippen molar-refractivity contribution in [2.24, 2.45) is 5.14 Å². The molecular weight excluding hydrogens is 569 g/mol. The summed E-state index contributed by atoms with van der Waals surface area (Å²) in [4.78, 5) is 11.9. The third-order valence-corrected chi connectivity index (χ3v) is 8.96. The minimum Gasteiger partial charge on any atom is -0.473 e. The van der Waals surface area contributed by atoms with Gasteiger partial charge in [-0.25, -0.2) is 27.9 Å². The van der Waals surface area contributed by atoms with Gasteiger partial charge >= 0.3 is 0 Å². The molecule has 0 bridgehead atoms. The van der Waals surface area contributed by atoms with E-state index in [1.165, 1.54) is 12.1 Å². The van der Waals surface area contributed by atoms with Gasteiger partial charge in [0.05, 0.1) is 35.1 Å². The Kier molecular flexibility index (Phi) is 7.97. The van der Waals surface area contributed by atoms with Crippen molar-refractivity contribution < 1.29 is 22.3 Å². The number of piperidine rings is 1. The zero-order chi connectivity index (χ0) is 28.6. The van der Waals surface area contributed by atoms with Crippen molar-refractivity contribution in [3.63, 3.8) is 0 Å². The van der Waals surface area contributed by atoms with Crippen LogP contribution >= 0.6 is 11.6 Å². The quantitative estimate of drug-likeness (QED) is 0.299. The molecule has 2 aliphatic rings. The van der Waals surface area contributed by atoms with E-state index in [0.29, 0.717) is 35.1 Å². The van der Waals surface area contributed by atoms with E-state index >= 15 is 0 Å². The highest BCUT2D eigenvalue weighted by Gasteiger charge is 2.26. The standard InChI is InChI=1S/C29H31ClFN5O4S/c30-21-5-4-20(24(31)14-21)18-40-29-3-1-2-25(34-29)19-8-11-35(12-9-19)17-28-33-26-15-23(41(32,37)38)6-7-27(26)36(28)16-22-10-13-39-22/h1-7,14-15,19,22H,8-13,16-18H2,(H2,32,37,38). The Labute approximate surface area is 243 Å². The van der Waals surface area contributed by atoms with Gasteiger partial charge in [0.1, 0.15) is 18.2 Å². The topological polar surface area (TPSA) is 113 Å². The fourth-order valence-electron chi connectivity index (χ4n) is 5.41. The molecule has 6 rings (SSSR count). The number of imidazole rings is 1. The molecule has 0 radical (unpaired) electrons. The number of hydrogen-bond acceptors (Lipinski definition) is 7. The monoisotopic (exact) mass is 599 g/mol. The predicted molar refractivity (Wildman–Crippen MR) is 153 cm³/mol. The van der Waals surface area contributed by atoms with Crippen molar-refractivity contribution in [1.82, 2.24) is 19.4 Å². The van der Waals surface area contributed by atoms with Crippen molar-refractivity contribution in [2.45, 2.75) is 55.9 Å². The number of primary sulfonamides is 1. The van der Waals surface area contributed by atoms with E-state index in [-0.39, 0.29) is 23.5 Å². The number of nitrogens with two attached hydrogens (primary N) is 1. The number of ether oxygens (including phenoxy) is 2. The van der Waals surface area contributed by atoms with E-state index in [0.717, 1.165) is 56.0 Å². The van der Waals surface area contributed by atoms with Crippen LogP contribution in [0.5, 0.6) is 5.88 Å². The molecule has 2 aliphatic heterocycles. The van der Waals surface area contributed by atoms with Crippen LogP contribution in [0.3, 0.4) is 0 Å². The van der Waals surface area contributed by atoms with Crippen molar-refractivity contribution in [3.8, 4) is 5.88 Å². The molecule has 2 aromatic carbocycles. The summed E-state index contributed by atoms with van der Waals surface area (Å²) in [5.41, 5.74) is 2.87. The molecule has 2 N–H and O–H groups in total. The summed E-state index contributed by atoms with van der Waals surface area (Å²) in [7, 11) is -3.82. The van der Waals surface area contributed by atoms with Gasteiger partial charge in [0.2, 0.25) is 15.9 Å². The van der Waals surface area contributed by atoms with Gasteiger partial charge in [-0.1, -0.05) is 23.7 Å². The number of fused-ring (bicyclic) bond motifs is 1. The molecule has 2 aromatic heterocycles. The van der Waals surface area contributed by atoms with Gasteiger partial charge in [0.15, 0.2) is 0 Å². The molecule has 2 fully saturated rings. The number of aromatic nitrogens is 3. The van der Waals surface area contributed by atoms with Crippen molar-refractivity contribution in [3.05, 3.63) is 82.5 Å². The van der Waals surface area contributed by atoms with E-state index < -0.39 is 15.8 Å². The number of pyridine rings is 1. The first-order valence-corrected chi connectivity index (χ1v) is 15.5. The second kappa shape index (κ2) is 11.7. The summed E-state index contributed by atoms with van der Waals surface area (Å²) in [6.45, 7) is 3.87. The zero-order valence-corrected chi connectivity index (χ0v) is 24.0. The number of likely N-dealkylation sites (tertiary alicyclic amines) is 1. The van der Waals surface area contributed by atoms with E-state index in [9.17, 15) is 12.8 Å². The van der Waals surface area contributed by atoms with Crippen LogP contribution < -0.4 is 9.88 Å². The number of halogens is 2. The molecule has 0 spiro atoms. The number of sulfonamides is 1. The molecule has 0 amide bonds. The average Bonchev–Trinajstić information content (AvgIpc) is 3.26. The van der Waals surface area contributed by atoms with Gasteiger partial charge in [-0.05, 0) is 68.8 Å². The number of benzene rings is 2. The van der Waals surface area contributed by atoms with Crippen LogP contribution in [0.2, 0.25) is 5.02 Å². The van der Waals surface area contributed by atoms with Crippen LogP contribution in [-0.4, -0.2) is 53.7 Å². The Bertz CT molecular complexity index is 1670. The van der Waals surface area contributed by atoms with Gasteiger partial charge in [-0.2, -0.15) is 0 Å². The van der Waals surface area contributed by atoms with Crippen LogP contribution in [0.4, 0.5) is 4.39 Å². The number of nitrogens with zero attached hydrogens (tertiary/aromatic N) is 4. The Balaban J connectivity index is 1.12. The maximum absolute atomic E-state index is 14.1. The van der Waals surface area contributed by atoms with Gasteiger partial charge in [-0.3, -0.25) is 4.90 Å². The largest absolute Gasteiger partial charge is 0.473 e. The minimum atomic E-state index is -3.82. The van der Waals surface area contributed by atoms with Crippen molar-refractivity contribution in [1.29, 1.82) is 0 Å². The third-order valence-electron chi connectivity index (χ3n) is 7.81. The van der Waals surface area contributed by atoms with Gasteiger partial charge in [0.25, 0.3) is 0 Å². The summed E-state index contributed by atoms with van der Waals surface area (Å²) in [5.74, 6) is 1.22. The van der Waals surface area contributed by atoms with Gasteiger partial charge in [-0.15, -0.1) is 0 Å². The molecule has 4 aromatic rings. The molecular formula is C29H31ClFN5O4S. The molecule has 9 nitrogen and oxygen atoms in total. The average molecular weight is 600 g/mol. The molecule has 2 saturated heterocycles. The van der Waals surface area contributed by atoms with Crippen LogP contribution in [-0.2, 0) is 34.5 Å². The normalized spacial score (nSPS) is 18.5. The van der Waals surface area contributed by atoms with E-state index in [2.05, 4.69) is 9.47 Å². The lowest BCUT2D eigenvalue weighted by atomic mass is 9.93. The minimum absolute atomic E-state index is 0.0546. The lowest BCUT2D eigenvalue weighted by Crippen LogP contribution is -2.35. The maximum Gasteiger partial charge on any atom is 0.238 e. The van der Waals surface area contributed by atoms with Gasteiger partial charge < -0.3 is 14.0 Å². The molecule has 41 heavy (non-hydrogen) atoms. The summed E-state index contributed by atoms with van der Waals surface area (Å²) >= 11 is 5.84. The molecule has 1 unspecified atom stereocenters.